The summed E-state index contributed by atoms with van der Waals surface area (Å²) in [5, 5.41) is 0. The first-order chi connectivity index (χ1) is 0. The smallest absolute Gasteiger partial charge is 1.00 e. The van der Waals surface area contributed by atoms with E-state index >= 15 is 0 Å². The minimum atomic E-state index is 0. The van der Waals surface area contributed by atoms with Gasteiger partial charge in [-0.3, -0.25) is 0 Å². The van der Waals surface area contributed by atoms with Gasteiger partial charge >= 0.3 is 67.3 Å². The molecule has 1 nitrogen and oxygen atoms in total. The Bertz CT molecular complexity index is 19.2. The zero-order valence-electron chi connectivity index (χ0n) is 5.21. The molecule has 0 saturated heterocycles. The molecule has 0 aliphatic heterocycles. The van der Waals surface area contributed by atoms with Gasteiger partial charge in [0.05, 0.1) is 0 Å². The summed E-state index contributed by atoms with van der Waals surface area (Å²) in [5.41, 5.74) is 0. The van der Waals surface area contributed by atoms with Crippen LogP contribution in [0.15, 0.2) is 0 Å². The third-order valence-corrected chi connectivity index (χ3v) is 0. The van der Waals surface area contributed by atoms with Crippen molar-refractivity contribution < 1.29 is 39.3 Å². The van der Waals surface area contributed by atoms with Crippen LogP contribution in [-0.4, -0.2) is 71.5 Å². The molecule has 0 unspecified atom stereocenters. The third-order valence-electron chi connectivity index (χ3n) is 0. The first kappa shape index (κ1) is 43.9. The van der Waals surface area contributed by atoms with Gasteiger partial charge in [-0.05, 0) is 11.0 Å². The van der Waals surface area contributed by atoms with Crippen LogP contribution in [-0.2, 0) is 0 Å². The van der Waals surface area contributed by atoms with Crippen molar-refractivity contribution >= 4 is 66.1 Å². The van der Waals surface area contributed by atoms with Crippen LogP contribution in [0, 0.1) is 0 Å². The Labute approximate surface area is 103 Å². The molecule has 0 rings (SSSR count). The molecule has 5 heavy (non-hydrogen) atoms. The van der Waals surface area contributed by atoms with Crippen molar-refractivity contribution in [3.63, 3.8) is 0 Å². The van der Waals surface area contributed by atoms with Crippen molar-refractivity contribution in [3.8, 4) is 0 Å². The van der Waals surface area contributed by atoms with E-state index in [1.54, 1.807) is 0 Å². The summed E-state index contributed by atoms with van der Waals surface area (Å²) >= 11 is 0. The monoisotopic (exact) mass is 146 g/mol. The van der Waals surface area contributed by atoms with Crippen LogP contribution in [0.3, 0.4) is 0 Å². The zero-order valence-corrected chi connectivity index (χ0v) is 6.42. The quantitative estimate of drug-likeness (QED) is 0.304. The van der Waals surface area contributed by atoms with Crippen LogP contribution < -0.4 is 29.6 Å². The molecule has 0 spiro atoms. The normalized spacial score (nSPS) is 0. The van der Waals surface area contributed by atoms with Crippen molar-refractivity contribution in [2.45, 2.75) is 0 Å². The van der Waals surface area contributed by atoms with E-state index in [0.29, 0.717) is 0 Å². The molecule has 0 fully saturated rings. The van der Waals surface area contributed by atoms with Crippen LogP contribution in [0.1, 0.15) is 4.28 Å². The predicted molar refractivity (Wildman–Crippen MR) is 34.0 cm³/mol. The third kappa shape index (κ3) is 19.5. The maximum Gasteiger partial charge on any atom is 2.00 e. The molecule has 2 N–H and O–H groups in total. The van der Waals surface area contributed by atoms with Crippen LogP contribution in [0.4, 0.5) is 0 Å². The van der Waals surface area contributed by atoms with Gasteiger partial charge in [0.1, 0.15) is 0 Å². The maximum absolute atomic E-state index is 0. The van der Waals surface area contributed by atoms with E-state index in [1.807, 2.05) is 0 Å². The second kappa shape index (κ2) is 28.2. The summed E-state index contributed by atoms with van der Waals surface area (Å²) in [6.07, 6.45) is 0. The molecule has 0 bridgehead atoms. The summed E-state index contributed by atoms with van der Waals surface area (Å²) in [6.45, 7) is 0. The number of hydrogen-bond donors (Lipinski definition) is 0. The molecule has 0 aromatic carbocycles. The van der Waals surface area contributed by atoms with Gasteiger partial charge < -0.3 is 9.76 Å². The zero-order chi connectivity index (χ0) is 0. The van der Waals surface area contributed by atoms with Crippen molar-refractivity contribution in [2.24, 2.45) is 0 Å². The van der Waals surface area contributed by atoms with Gasteiger partial charge in [0.25, 0.3) is 0 Å². The van der Waals surface area contributed by atoms with E-state index in [0.717, 1.165) is 0 Å². The topological polar surface area (TPSA) is 31.5 Å². The van der Waals surface area contributed by atoms with Gasteiger partial charge in [-0.2, -0.15) is 0 Å². The molecule has 0 saturated carbocycles. The Morgan fingerprint density at radius 3 is 1.20 bits per heavy atom. The number of hydrogen-bond acceptors (Lipinski definition) is 0. The molecule has 0 aromatic heterocycles. The van der Waals surface area contributed by atoms with Gasteiger partial charge in [-0.25, -0.2) is 0 Å². The summed E-state index contributed by atoms with van der Waals surface area (Å²) < 4.78 is 0. The largest absolute Gasteiger partial charge is 2.00 e. The van der Waals surface area contributed by atoms with Crippen molar-refractivity contribution in [2.75, 3.05) is 0 Å². The molecule has 0 aliphatic carbocycles. The van der Waals surface area contributed by atoms with Gasteiger partial charge in [0.15, 0.2) is 17.4 Å². The van der Waals surface area contributed by atoms with E-state index in [-0.39, 0.29) is 105 Å². The van der Waals surface area contributed by atoms with E-state index in [1.165, 1.54) is 0 Å². The molecule has 0 atom stereocenters. The Morgan fingerprint density at radius 1 is 1.20 bits per heavy atom. The van der Waals surface area contributed by atoms with Crippen molar-refractivity contribution in [1.29, 1.82) is 0 Å². The fourth-order valence-corrected chi connectivity index (χ4v) is 0. The first-order valence-corrected chi connectivity index (χ1v) is 0. The fraction of sp³-hybridized carbons (Fsp3) is 0. The molecule has 0 amide bonds. The van der Waals surface area contributed by atoms with Crippen LogP contribution in [0.2, 0.25) is 0 Å². The fourth-order valence-electron chi connectivity index (χ4n) is 0. The Balaban J connectivity index is 0. The second-order valence-corrected chi connectivity index (χ2v) is 0. The molecule has 28 valence electrons. The average Bonchev–Trinajstić information content (AvgIpc) is 0. The number of rotatable bonds is 0. The SMILES string of the molecule is O.[AlH3].[Ca+2].[H-].[H-].[H-].[Na+].[SiH4]. The van der Waals surface area contributed by atoms with Gasteiger partial charge in [-0.1, -0.05) is 0 Å². The van der Waals surface area contributed by atoms with Gasteiger partial charge in [0.2, 0.25) is 0 Å². The summed E-state index contributed by atoms with van der Waals surface area (Å²) in [4.78, 5) is 0. The molecule has 0 radical (unpaired) electrons. The predicted octanol–water partition coefficient (Wildman–Crippen LogP) is -6.50. The molecule has 5 heteroatoms. The summed E-state index contributed by atoms with van der Waals surface area (Å²) in [5.74, 6) is 0. The van der Waals surface area contributed by atoms with E-state index in [9.17, 15) is 0 Å². The minimum Gasteiger partial charge on any atom is -1.00 e. The first-order valence-electron chi connectivity index (χ1n) is 0. The van der Waals surface area contributed by atoms with Crippen molar-refractivity contribution in [1.82, 2.24) is 0 Å². The van der Waals surface area contributed by atoms with E-state index < -0.39 is 0 Å². The molecular formula is H12AlCaNaOSi. The summed E-state index contributed by atoms with van der Waals surface area (Å²) in [6, 6.07) is 0. The molecular weight excluding hydrogens is 134 g/mol. The Morgan fingerprint density at radius 2 is 1.20 bits per heavy atom. The van der Waals surface area contributed by atoms with Crippen LogP contribution in [0.25, 0.3) is 0 Å². The van der Waals surface area contributed by atoms with E-state index in [2.05, 4.69) is 0 Å². The van der Waals surface area contributed by atoms with Crippen LogP contribution >= 0.6 is 0 Å². The van der Waals surface area contributed by atoms with Gasteiger partial charge in [-0.15, -0.1) is 0 Å². The molecule has 0 aromatic rings. The minimum absolute atomic E-state index is 0. The molecule has 0 heterocycles. The average molecular weight is 146 g/mol. The van der Waals surface area contributed by atoms with Gasteiger partial charge in [0, 0.05) is 0 Å². The summed E-state index contributed by atoms with van der Waals surface area (Å²) in [7, 11) is 0. The standard InChI is InChI=1S/Al.Ca.Na.H2O.H4Si.6H/h;;;1H2;1H4;;;;;;/q;+2;+1;;;;;;3*-1. The Hall–Kier alpha value is 2.97. The maximum atomic E-state index is 0. The van der Waals surface area contributed by atoms with Crippen LogP contribution in [0.5, 0.6) is 0 Å². The van der Waals surface area contributed by atoms with Crippen molar-refractivity contribution in [3.05, 3.63) is 0 Å². The Kier molecular flexibility index (Phi) is 247. The second-order valence-electron chi connectivity index (χ2n) is 0. The van der Waals surface area contributed by atoms with E-state index in [4.69, 9.17) is 0 Å². The molecule has 0 aliphatic rings.